The van der Waals surface area contributed by atoms with Gasteiger partial charge in [-0.1, -0.05) is 91.3 Å². The van der Waals surface area contributed by atoms with E-state index in [1.54, 1.807) is 54.6 Å². The molecule has 0 aromatic heterocycles. The van der Waals surface area contributed by atoms with Crippen LogP contribution < -0.4 is 9.62 Å². The van der Waals surface area contributed by atoms with Gasteiger partial charge in [-0.2, -0.15) is 0 Å². The van der Waals surface area contributed by atoms with Crippen LogP contribution in [0.1, 0.15) is 37.0 Å². The largest absolute Gasteiger partial charge is 0.352 e. The summed E-state index contributed by atoms with van der Waals surface area (Å²) in [5.41, 5.74) is 2.78. The third-order valence-corrected chi connectivity index (χ3v) is 9.44. The molecule has 230 valence electrons. The summed E-state index contributed by atoms with van der Waals surface area (Å²) in [5.74, 6) is -0.835. The van der Waals surface area contributed by atoms with Gasteiger partial charge in [0.25, 0.3) is 10.0 Å². The first-order chi connectivity index (χ1) is 21.1. The Balaban J connectivity index is 1.80. The average Bonchev–Trinajstić information content (AvgIpc) is 3.02. The fraction of sp³-hybridized carbons (Fsp3) is 0.257. The molecule has 0 fully saturated rings. The first-order valence-corrected chi connectivity index (χ1v) is 16.4. The molecule has 4 aromatic rings. The molecule has 0 spiro atoms. The Labute approximate surface area is 265 Å². The van der Waals surface area contributed by atoms with Gasteiger partial charge in [-0.25, -0.2) is 8.42 Å². The highest BCUT2D eigenvalue weighted by Gasteiger charge is 2.35. The van der Waals surface area contributed by atoms with Crippen molar-refractivity contribution in [3.05, 3.63) is 131 Å². The van der Waals surface area contributed by atoms with E-state index in [1.165, 1.54) is 17.0 Å². The standard InChI is InChI=1S/C35H38ClN3O4S/c1-4-27(3)37-35(41)33(23-28-14-7-5-8-15-28)38(24-29-16-12-17-30(36)22-29)34(40)25-39(31-18-11-13-26(2)21-31)44(42,43)32-19-9-6-10-20-32/h5-22,27,33H,4,23-25H2,1-3H3,(H,37,41)/t27-,33-/m1/s1. The van der Waals surface area contributed by atoms with E-state index in [0.29, 0.717) is 22.7 Å². The molecule has 2 amide bonds. The summed E-state index contributed by atoms with van der Waals surface area (Å²) in [4.78, 5) is 29.9. The molecule has 4 aromatic carbocycles. The lowest BCUT2D eigenvalue weighted by Gasteiger charge is -2.34. The summed E-state index contributed by atoms with van der Waals surface area (Å²) in [6, 6.07) is 30.6. The van der Waals surface area contributed by atoms with Crippen molar-refractivity contribution in [3.63, 3.8) is 0 Å². The summed E-state index contributed by atoms with van der Waals surface area (Å²) in [7, 11) is -4.14. The summed E-state index contributed by atoms with van der Waals surface area (Å²) >= 11 is 6.30. The summed E-state index contributed by atoms with van der Waals surface area (Å²) in [6.45, 7) is 5.28. The van der Waals surface area contributed by atoms with Gasteiger partial charge >= 0.3 is 0 Å². The molecule has 2 atom stereocenters. The average molecular weight is 632 g/mol. The van der Waals surface area contributed by atoms with Crippen molar-refractivity contribution < 1.29 is 18.0 Å². The SMILES string of the molecule is CC[C@@H](C)NC(=O)[C@@H](Cc1ccccc1)N(Cc1cccc(Cl)c1)C(=O)CN(c1cccc(C)c1)S(=O)(=O)c1ccccc1. The minimum absolute atomic E-state index is 0.0534. The van der Waals surface area contributed by atoms with E-state index >= 15 is 0 Å². The molecule has 44 heavy (non-hydrogen) atoms. The molecule has 0 bridgehead atoms. The van der Waals surface area contributed by atoms with Crippen LogP contribution in [0, 0.1) is 6.92 Å². The lowest BCUT2D eigenvalue weighted by Crippen LogP contribution is -2.54. The van der Waals surface area contributed by atoms with Crippen LogP contribution in [0.3, 0.4) is 0 Å². The van der Waals surface area contributed by atoms with Crippen molar-refractivity contribution in [2.24, 2.45) is 0 Å². The highest BCUT2D eigenvalue weighted by atomic mass is 35.5. The van der Waals surface area contributed by atoms with Gasteiger partial charge in [0, 0.05) is 24.0 Å². The van der Waals surface area contributed by atoms with Crippen LogP contribution >= 0.6 is 11.6 Å². The molecule has 0 aliphatic rings. The Morgan fingerprint density at radius 2 is 1.48 bits per heavy atom. The third kappa shape index (κ3) is 8.49. The van der Waals surface area contributed by atoms with E-state index in [0.717, 1.165) is 15.4 Å². The number of carbonyl (C=O) groups excluding carboxylic acids is 2. The number of nitrogens with zero attached hydrogens (tertiary/aromatic N) is 2. The normalized spacial score (nSPS) is 12.6. The first-order valence-electron chi connectivity index (χ1n) is 14.6. The van der Waals surface area contributed by atoms with Crippen molar-refractivity contribution in [1.29, 1.82) is 0 Å². The molecule has 4 rings (SSSR count). The van der Waals surface area contributed by atoms with E-state index < -0.39 is 28.5 Å². The Kier molecular flexibility index (Phi) is 11.2. The van der Waals surface area contributed by atoms with E-state index in [-0.39, 0.29) is 29.8 Å². The number of anilines is 1. The molecular weight excluding hydrogens is 594 g/mol. The second-order valence-corrected chi connectivity index (χ2v) is 13.1. The van der Waals surface area contributed by atoms with E-state index in [1.807, 2.05) is 63.2 Å². The maximum absolute atomic E-state index is 14.5. The number of rotatable bonds is 13. The molecule has 7 nitrogen and oxygen atoms in total. The maximum Gasteiger partial charge on any atom is 0.264 e. The minimum Gasteiger partial charge on any atom is -0.352 e. The van der Waals surface area contributed by atoms with Gasteiger partial charge < -0.3 is 10.2 Å². The van der Waals surface area contributed by atoms with E-state index in [4.69, 9.17) is 11.6 Å². The summed E-state index contributed by atoms with van der Waals surface area (Å²) < 4.78 is 29.2. The minimum atomic E-state index is -4.14. The van der Waals surface area contributed by atoms with E-state index in [2.05, 4.69) is 5.32 Å². The van der Waals surface area contributed by atoms with Crippen LogP contribution in [-0.2, 0) is 32.6 Å². The Bertz CT molecular complexity index is 1670. The summed E-state index contributed by atoms with van der Waals surface area (Å²) in [5, 5.41) is 3.53. The van der Waals surface area contributed by atoms with Crippen molar-refractivity contribution in [2.45, 2.75) is 57.1 Å². The number of nitrogens with one attached hydrogen (secondary N) is 1. The summed E-state index contributed by atoms with van der Waals surface area (Å²) in [6.07, 6.45) is 0.952. The molecule has 0 aliphatic carbocycles. The number of benzene rings is 4. The molecule has 0 saturated heterocycles. The molecular formula is C35H38ClN3O4S. The van der Waals surface area contributed by atoms with Crippen LogP contribution in [0.2, 0.25) is 5.02 Å². The molecule has 0 heterocycles. The quantitative estimate of drug-likeness (QED) is 0.185. The molecule has 1 N–H and O–H groups in total. The van der Waals surface area contributed by atoms with Crippen molar-refractivity contribution in [1.82, 2.24) is 10.2 Å². The fourth-order valence-corrected chi connectivity index (χ4v) is 6.50. The zero-order valence-electron chi connectivity index (χ0n) is 25.2. The van der Waals surface area contributed by atoms with Gasteiger partial charge in [-0.15, -0.1) is 0 Å². The van der Waals surface area contributed by atoms with Crippen LogP contribution in [-0.4, -0.2) is 43.8 Å². The number of hydrogen-bond donors (Lipinski definition) is 1. The zero-order valence-corrected chi connectivity index (χ0v) is 26.8. The Hall–Kier alpha value is -4.14. The molecule has 9 heteroatoms. The van der Waals surface area contributed by atoms with E-state index in [9.17, 15) is 18.0 Å². The van der Waals surface area contributed by atoms with Gasteiger partial charge in [0.05, 0.1) is 10.6 Å². The predicted octanol–water partition coefficient (Wildman–Crippen LogP) is 6.40. The van der Waals surface area contributed by atoms with Crippen molar-refractivity contribution >= 4 is 39.1 Å². The van der Waals surface area contributed by atoms with Crippen molar-refractivity contribution in [2.75, 3.05) is 10.8 Å². The molecule has 0 radical (unpaired) electrons. The number of sulfonamides is 1. The first kappa shape index (κ1) is 32.8. The van der Waals surface area contributed by atoms with Crippen molar-refractivity contribution in [3.8, 4) is 0 Å². The number of aryl methyl sites for hydroxylation is 1. The lowest BCUT2D eigenvalue weighted by atomic mass is 10.0. The number of halogens is 1. The predicted molar refractivity (Wildman–Crippen MR) is 176 cm³/mol. The van der Waals surface area contributed by atoms with Crippen LogP contribution in [0.5, 0.6) is 0 Å². The van der Waals surface area contributed by atoms with Crippen LogP contribution in [0.4, 0.5) is 5.69 Å². The third-order valence-electron chi connectivity index (χ3n) is 7.41. The highest BCUT2D eigenvalue weighted by molar-refractivity contribution is 7.92. The number of hydrogen-bond acceptors (Lipinski definition) is 4. The van der Waals surface area contributed by atoms with Gasteiger partial charge in [0.15, 0.2) is 0 Å². The maximum atomic E-state index is 14.5. The molecule has 0 aliphatic heterocycles. The van der Waals surface area contributed by atoms with Gasteiger partial charge in [-0.05, 0) is 73.4 Å². The Morgan fingerprint density at radius 3 is 2.11 bits per heavy atom. The lowest BCUT2D eigenvalue weighted by molar-refractivity contribution is -0.140. The second kappa shape index (κ2) is 15.0. The molecule has 0 unspecified atom stereocenters. The topological polar surface area (TPSA) is 86.8 Å². The van der Waals surface area contributed by atoms with Gasteiger partial charge in [-0.3, -0.25) is 13.9 Å². The smallest absolute Gasteiger partial charge is 0.264 e. The monoisotopic (exact) mass is 631 g/mol. The fourth-order valence-electron chi connectivity index (χ4n) is 4.86. The van der Waals surface area contributed by atoms with Gasteiger partial charge in [0.1, 0.15) is 12.6 Å². The second-order valence-electron chi connectivity index (χ2n) is 10.8. The van der Waals surface area contributed by atoms with Crippen LogP contribution in [0.25, 0.3) is 0 Å². The zero-order chi connectivity index (χ0) is 31.7. The number of amides is 2. The molecule has 0 saturated carbocycles. The van der Waals surface area contributed by atoms with Crippen LogP contribution in [0.15, 0.2) is 114 Å². The van der Waals surface area contributed by atoms with Gasteiger partial charge in [0.2, 0.25) is 11.8 Å². The Morgan fingerprint density at radius 1 is 0.841 bits per heavy atom. The highest BCUT2D eigenvalue weighted by Crippen LogP contribution is 2.26. The number of carbonyl (C=O) groups is 2.